The van der Waals surface area contributed by atoms with Gasteiger partial charge in [-0.05, 0) is 0 Å². The molecule has 1 aromatic heterocycles. The second kappa shape index (κ2) is 3.94. The van der Waals surface area contributed by atoms with Crippen molar-refractivity contribution < 1.29 is 23.4 Å². The quantitative estimate of drug-likeness (QED) is 0.741. The van der Waals surface area contributed by atoms with Gasteiger partial charge in [0.1, 0.15) is 5.69 Å². The van der Waals surface area contributed by atoms with Crippen LogP contribution in [0.3, 0.4) is 0 Å². The number of hydrogen-bond acceptors (Lipinski definition) is 3. The molecule has 72 valence electrons. The van der Waals surface area contributed by atoms with E-state index in [1.54, 1.807) is 0 Å². The van der Waals surface area contributed by atoms with E-state index >= 15 is 0 Å². The van der Waals surface area contributed by atoms with E-state index in [0.29, 0.717) is 0 Å². The van der Waals surface area contributed by atoms with Crippen LogP contribution in [0.5, 0.6) is 0 Å². The molecule has 2 N–H and O–H groups in total. The minimum absolute atomic E-state index is 0.0906. The largest absolute Gasteiger partial charge is 0.477 e. The first-order valence-corrected chi connectivity index (χ1v) is 3.26. The van der Waals surface area contributed by atoms with Gasteiger partial charge in [-0.3, -0.25) is 5.10 Å². The zero-order valence-electron chi connectivity index (χ0n) is 6.33. The highest BCUT2D eigenvalue weighted by Gasteiger charge is 2.13. The molecule has 7 heteroatoms. The second-order valence-electron chi connectivity index (χ2n) is 2.15. The van der Waals surface area contributed by atoms with Crippen LogP contribution in [-0.4, -0.2) is 27.9 Å². The Hall–Kier alpha value is -1.50. The lowest BCUT2D eigenvalue weighted by atomic mass is 10.3. The molecule has 0 aliphatic carbocycles. The van der Waals surface area contributed by atoms with Crippen molar-refractivity contribution in [2.75, 3.05) is 0 Å². The first-order chi connectivity index (χ1) is 6.11. The van der Waals surface area contributed by atoms with Crippen molar-refractivity contribution in [3.8, 4) is 0 Å². The monoisotopic (exact) mass is 192 g/mol. The Bertz CT molecular complexity index is 300. The summed E-state index contributed by atoms with van der Waals surface area (Å²) in [6.45, 7) is -3.40. The topological polar surface area (TPSA) is 75.2 Å². The van der Waals surface area contributed by atoms with E-state index in [2.05, 4.69) is 14.9 Å². The van der Waals surface area contributed by atoms with Gasteiger partial charge >= 0.3 is 12.6 Å². The summed E-state index contributed by atoms with van der Waals surface area (Å²) >= 11 is 0. The standard InChI is InChI=1S/C6H6F2N2O3/c7-6(8)13-2-3-1-9-10-4(3)5(11)12/h1,6H,2H2,(H,9,10)(H,11,12). The summed E-state index contributed by atoms with van der Waals surface area (Å²) in [5.74, 6) is -1.26. The van der Waals surface area contributed by atoms with Gasteiger partial charge in [0.25, 0.3) is 0 Å². The summed E-state index contributed by atoms with van der Waals surface area (Å²) in [5.41, 5.74) is -0.145. The maximum atomic E-state index is 11.6. The molecule has 1 heterocycles. The fourth-order valence-corrected chi connectivity index (χ4v) is 0.758. The molecular weight excluding hydrogens is 186 g/mol. The number of nitrogens with one attached hydrogen (secondary N) is 1. The Morgan fingerprint density at radius 2 is 2.46 bits per heavy atom. The maximum Gasteiger partial charge on any atom is 0.354 e. The van der Waals surface area contributed by atoms with Gasteiger partial charge in [0.15, 0.2) is 0 Å². The third-order valence-corrected chi connectivity index (χ3v) is 1.30. The molecule has 0 aliphatic rings. The average molecular weight is 192 g/mol. The molecule has 0 aliphatic heterocycles. The van der Waals surface area contributed by atoms with Gasteiger partial charge in [0.05, 0.1) is 12.8 Å². The van der Waals surface area contributed by atoms with Crippen LogP contribution >= 0.6 is 0 Å². The van der Waals surface area contributed by atoms with Crippen LogP contribution in [0.15, 0.2) is 6.20 Å². The number of alkyl halides is 2. The molecule has 0 saturated heterocycles. The summed E-state index contributed by atoms with van der Waals surface area (Å²) in [6.07, 6.45) is 1.13. The Morgan fingerprint density at radius 1 is 1.77 bits per heavy atom. The van der Waals surface area contributed by atoms with Crippen molar-refractivity contribution in [3.05, 3.63) is 17.5 Å². The summed E-state index contributed by atoms with van der Waals surface area (Å²) in [5, 5.41) is 14.1. The molecule has 0 bridgehead atoms. The van der Waals surface area contributed by atoms with Gasteiger partial charge in [-0.2, -0.15) is 13.9 Å². The Labute approximate surface area is 71.3 Å². The number of hydrogen-bond donors (Lipinski definition) is 2. The number of nitrogens with zero attached hydrogens (tertiary/aromatic N) is 1. The van der Waals surface area contributed by atoms with E-state index in [-0.39, 0.29) is 11.3 Å². The van der Waals surface area contributed by atoms with E-state index in [1.807, 2.05) is 0 Å². The number of carboxylic acids is 1. The number of ether oxygens (including phenoxy) is 1. The van der Waals surface area contributed by atoms with Gasteiger partial charge in [-0.1, -0.05) is 0 Å². The number of halogens is 2. The van der Waals surface area contributed by atoms with Crippen LogP contribution < -0.4 is 0 Å². The lowest BCUT2D eigenvalue weighted by Crippen LogP contribution is -2.05. The Balaban J connectivity index is 2.65. The highest BCUT2D eigenvalue weighted by molar-refractivity contribution is 5.86. The highest BCUT2D eigenvalue weighted by atomic mass is 19.3. The van der Waals surface area contributed by atoms with Gasteiger partial charge < -0.3 is 9.84 Å². The number of aromatic amines is 1. The van der Waals surface area contributed by atoms with Crippen LogP contribution in [0.4, 0.5) is 8.78 Å². The van der Waals surface area contributed by atoms with E-state index < -0.39 is 19.2 Å². The van der Waals surface area contributed by atoms with Crippen LogP contribution in [0.1, 0.15) is 16.1 Å². The summed E-state index contributed by atoms with van der Waals surface area (Å²) in [4.78, 5) is 10.4. The predicted molar refractivity (Wildman–Crippen MR) is 36.3 cm³/mol. The molecule has 0 unspecified atom stereocenters. The number of H-pyrrole nitrogens is 1. The van der Waals surface area contributed by atoms with E-state index in [0.717, 1.165) is 6.20 Å². The lowest BCUT2D eigenvalue weighted by Gasteiger charge is -2.00. The number of aromatic carboxylic acids is 1. The van der Waals surface area contributed by atoms with Crippen molar-refractivity contribution in [1.29, 1.82) is 0 Å². The second-order valence-corrected chi connectivity index (χ2v) is 2.15. The smallest absolute Gasteiger partial charge is 0.354 e. The molecule has 0 aromatic carbocycles. The van der Waals surface area contributed by atoms with E-state index in [4.69, 9.17) is 5.11 Å². The molecular formula is C6H6F2N2O3. The third-order valence-electron chi connectivity index (χ3n) is 1.30. The third kappa shape index (κ3) is 2.48. The average Bonchev–Trinajstić information content (AvgIpc) is 2.47. The van der Waals surface area contributed by atoms with E-state index in [1.165, 1.54) is 0 Å². The molecule has 5 nitrogen and oxygen atoms in total. The number of carbonyl (C=O) groups is 1. The Morgan fingerprint density at radius 3 is 3.00 bits per heavy atom. The molecule has 0 fully saturated rings. The Kier molecular flexibility index (Phi) is 2.91. The molecule has 1 aromatic rings. The fourth-order valence-electron chi connectivity index (χ4n) is 0.758. The molecule has 13 heavy (non-hydrogen) atoms. The number of rotatable bonds is 4. The molecule has 0 amide bonds. The first-order valence-electron chi connectivity index (χ1n) is 3.26. The summed E-state index contributed by atoms with van der Waals surface area (Å²) in [7, 11) is 0. The van der Waals surface area contributed by atoms with Crippen LogP contribution in [0, 0.1) is 0 Å². The molecule has 0 radical (unpaired) electrons. The summed E-state index contributed by atoms with van der Waals surface area (Å²) < 4.78 is 27.0. The molecule has 1 rings (SSSR count). The minimum atomic E-state index is -2.92. The van der Waals surface area contributed by atoms with Crippen molar-refractivity contribution in [2.24, 2.45) is 0 Å². The summed E-state index contributed by atoms with van der Waals surface area (Å²) in [6, 6.07) is 0. The number of carboxylic acid groups (broad SMARTS) is 1. The first kappa shape index (κ1) is 9.59. The SMILES string of the molecule is O=C(O)c1[nH]ncc1COC(F)F. The van der Waals surface area contributed by atoms with Gasteiger partial charge in [0.2, 0.25) is 0 Å². The lowest BCUT2D eigenvalue weighted by molar-refractivity contribution is -0.137. The highest BCUT2D eigenvalue weighted by Crippen LogP contribution is 2.08. The molecule has 0 atom stereocenters. The fraction of sp³-hybridized carbons (Fsp3) is 0.333. The van der Waals surface area contributed by atoms with Crippen molar-refractivity contribution in [2.45, 2.75) is 13.2 Å². The molecule has 0 saturated carbocycles. The van der Waals surface area contributed by atoms with Crippen molar-refractivity contribution >= 4 is 5.97 Å². The van der Waals surface area contributed by atoms with Gasteiger partial charge in [-0.15, -0.1) is 0 Å². The predicted octanol–water partition coefficient (Wildman–Crippen LogP) is 0.847. The zero-order chi connectivity index (χ0) is 9.84. The minimum Gasteiger partial charge on any atom is -0.477 e. The van der Waals surface area contributed by atoms with Gasteiger partial charge in [0, 0.05) is 5.56 Å². The van der Waals surface area contributed by atoms with Crippen molar-refractivity contribution in [3.63, 3.8) is 0 Å². The van der Waals surface area contributed by atoms with Crippen LogP contribution in [0.2, 0.25) is 0 Å². The van der Waals surface area contributed by atoms with Crippen LogP contribution in [-0.2, 0) is 11.3 Å². The zero-order valence-corrected chi connectivity index (χ0v) is 6.33. The van der Waals surface area contributed by atoms with Gasteiger partial charge in [-0.25, -0.2) is 4.79 Å². The molecule has 0 spiro atoms. The maximum absolute atomic E-state index is 11.6. The van der Waals surface area contributed by atoms with E-state index in [9.17, 15) is 13.6 Å². The van der Waals surface area contributed by atoms with Crippen molar-refractivity contribution in [1.82, 2.24) is 10.2 Å². The van der Waals surface area contributed by atoms with Crippen LogP contribution in [0.25, 0.3) is 0 Å². The normalized spacial score (nSPS) is 10.7. The number of aromatic nitrogens is 2.